The van der Waals surface area contributed by atoms with E-state index in [1.807, 2.05) is 11.8 Å². The van der Waals surface area contributed by atoms with Crippen molar-refractivity contribution in [3.8, 4) is 0 Å². The third kappa shape index (κ3) is 2.59. The molecule has 2 heterocycles. The molecule has 130 valence electrons. The lowest BCUT2D eigenvalue weighted by Crippen LogP contribution is -2.50. The van der Waals surface area contributed by atoms with Gasteiger partial charge in [0, 0.05) is 35.1 Å². The van der Waals surface area contributed by atoms with Crippen LogP contribution in [-0.2, 0) is 13.0 Å². The highest BCUT2D eigenvalue weighted by Gasteiger charge is 2.40. The van der Waals surface area contributed by atoms with Crippen LogP contribution in [0.1, 0.15) is 42.5 Å². The first-order chi connectivity index (χ1) is 11.8. The van der Waals surface area contributed by atoms with E-state index in [1.54, 1.807) is 0 Å². The summed E-state index contributed by atoms with van der Waals surface area (Å²) in [5, 5.41) is 11.2. The fraction of sp³-hybridized carbons (Fsp3) is 0.600. The average Bonchev–Trinajstić information content (AvgIpc) is 2.96. The zero-order valence-corrected chi connectivity index (χ0v) is 15.5. The Morgan fingerprint density at radius 1 is 1.38 bits per heavy atom. The van der Waals surface area contributed by atoms with E-state index in [2.05, 4.69) is 41.3 Å². The lowest BCUT2D eigenvalue weighted by Gasteiger charge is -2.47. The molecule has 2 aliphatic rings. The Bertz CT molecular complexity index is 726. The van der Waals surface area contributed by atoms with E-state index < -0.39 is 0 Å². The zero-order chi connectivity index (χ0) is 16.7. The number of thioether (sulfide) groups is 1. The molecule has 0 bridgehead atoms. The number of fused-ring (bicyclic) bond motifs is 2. The van der Waals surface area contributed by atoms with Crippen molar-refractivity contribution in [1.82, 2.24) is 9.88 Å². The number of aromatic nitrogens is 1. The van der Waals surface area contributed by atoms with Gasteiger partial charge in [-0.1, -0.05) is 19.1 Å². The minimum atomic E-state index is 0.115. The highest BCUT2D eigenvalue weighted by atomic mass is 32.2. The largest absolute Gasteiger partial charge is 0.390 e. The highest BCUT2D eigenvalue weighted by Crippen LogP contribution is 2.46. The number of H-pyrrole nitrogens is 1. The molecule has 2 aromatic rings. The van der Waals surface area contributed by atoms with Gasteiger partial charge in [-0.25, -0.2) is 0 Å². The summed E-state index contributed by atoms with van der Waals surface area (Å²) in [6, 6.07) is 7.28. The summed E-state index contributed by atoms with van der Waals surface area (Å²) >= 11 is 1.99. The van der Waals surface area contributed by atoms with Crippen LogP contribution in [-0.4, -0.2) is 46.1 Å². The molecule has 24 heavy (non-hydrogen) atoms. The average molecular weight is 345 g/mol. The van der Waals surface area contributed by atoms with E-state index in [1.165, 1.54) is 53.7 Å². The first kappa shape index (κ1) is 16.5. The van der Waals surface area contributed by atoms with Crippen LogP contribution in [0.5, 0.6) is 0 Å². The monoisotopic (exact) mass is 344 g/mol. The Balaban J connectivity index is 1.79. The van der Waals surface area contributed by atoms with Gasteiger partial charge in [0.05, 0.1) is 6.61 Å². The SMILES string of the molecule is CCCN1CC(CSC)C[C@@H]2c3cccc4[nH]c(CO)c(c34)C[C@H]21. The number of benzene rings is 1. The molecule has 1 saturated heterocycles. The van der Waals surface area contributed by atoms with Crippen molar-refractivity contribution >= 4 is 22.7 Å². The van der Waals surface area contributed by atoms with Gasteiger partial charge in [0.1, 0.15) is 0 Å². The van der Waals surface area contributed by atoms with Crippen LogP contribution < -0.4 is 0 Å². The van der Waals surface area contributed by atoms with Crippen molar-refractivity contribution in [2.75, 3.05) is 25.1 Å². The molecule has 1 unspecified atom stereocenters. The number of hydrogen-bond donors (Lipinski definition) is 2. The second-order valence-electron chi connectivity index (χ2n) is 7.44. The lowest BCUT2D eigenvalue weighted by molar-refractivity contribution is 0.0922. The molecule has 1 aromatic heterocycles. The zero-order valence-electron chi connectivity index (χ0n) is 14.7. The van der Waals surface area contributed by atoms with Crippen LogP contribution in [0, 0.1) is 5.92 Å². The maximum Gasteiger partial charge on any atom is 0.0834 e. The number of nitrogens with zero attached hydrogens (tertiary/aromatic N) is 1. The Hall–Kier alpha value is -0.970. The van der Waals surface area contributed by atoms with E-state index in [4.69, 9.17) is 0 Å². The fourth-order valence-corrected chi connectivity index (χ4v) is 5.81. The number of rotatable bonds is 5. The lowest BCUT2D eigenvalue weighted by atomic mass is 9.72. The Morgan fingerprint density at radius 2 is 2.25 bits per heavy atom. The number of piperidine rings is 1. The molecule has 4 heteroatoms. The summed E-state index contributed by atoms with van der Waals surface area (Å²) in [4.78, 5) is 6.21. The predicted molar refractivity (Wildman–Crippen MR) is 103 cm³/mol. The van der Waals surface area contributed by atoms with Gasteiger partial charge in [0.2, 0.25) is 0 Å². The van der Waals surface area contributed by atoms with Crippen molar-refractivity contribution < 1.29 is 5.11 Å². The number of aliphatic hydroxyl groups excluding tert-OH is 1. The van der Waals surface area contributed by atoms with Gasteiger partial charge in [-0.3, -0.25) is 4.90 Å². The van der Waals surface area contributed by atoms with Crippen LogP contribution in [0.3, 0.4) is 0 Å². The fourth-order valence-electron chi connectivity index (χ4n) is 5.10. The van der Waals surface area contributed by atoms with E-state index in [0.29, 0.717) is 12.0 Å². The van der Waals surface area contributed by atoms with Gasteiger partial charge in [0.25, 0.3) is 0 Å². The molecule has 3 nitrogen and oxygen atoms in total. The first-order valence-corrected chi connectivity index (χ1v) is 10.6. The van der Waals surface area contributed by atoms with Crippen LogP contribution >= 0.6 is 11.8 Å². The van der Waals surface area contributed by atoms with Crippen molar-refractivity contribution in [3.63, 3.8) is 0 Å². The van der Waals surface area contributed by atoms with E-state index in [-0.39, 0.29) is 6.61 Å². The topological polar surface area (TPSA) is 39.3 Å². The number of aromatic amines is 1. The van der Waals surface area contributed by atoms with Crippen molar-refractivity contribution in [2.45, 2.75) is 44.8 Å². The molecule has 0 amide bonds. The van der Waals surface area contributed by atoms with E-state index in [9.17, 15) is 5.11 Å². The predicted octanol–water partition coefficient (Wildman–Crippen LogP) is 3.76. The molecular weight excluding hydrogens is 316 g/mol. The first-order valence-electron chi connectivity index (χ1n) is 9.23. The Kier molecular flexibility index (Phi) is 4.63. The van der Waals surface area contributed by atoms with Crippen LogP contribution in [0.4, 0.5) is 0 Å². The normalized spacial score (nSPS) is 26.7. The van der Waals surface area contributed by atoms with Crippen LogP contribution in [0.15, 0.2) is 18.2 Å². The molecule has 1 fully saturated rings. The van der Waals surface area contributed by atoms with Gasteiger partial charge in [-0.2, -0.15) is 11.8 Å². The number of nitrogens with one attached hydrogen (secondary N) is 1. The van der Waals surface area contributed by atoms with Crippen molar-refractivity contribution in [2.24, 2.45) is 5.92 Å². The van der Waals surface area contributed by atoms with Gasteiger partial charge in [-0.05, 0) is 60.9 Å². The standard InChI is InChI=1S/C20H28N2OS/c1-3-7-22-10-13(12-24-2)8-15-14-5-4-6-17-20(14)16(9-19(15)22)18(11-23)21-17/h4-6,13,15,19,21,23H,3,7-12H2,1-2H3/t13?,15-,19-/m1/s1. The molecule has 3 atom stereocenters. The van der Waals surface area contributed by atoms with Crippen LogP contribution in [0.2, 0.25) is 0 Å². The van der Waals surface area contributed by atoms with Crippen molar-refractivity contribution in [1.29, 1.82) is 0 Å². The van der Waals surface area contributed by atoms with Crippen molar-refractivity contribution in [3.05, 3.63) is 35.0 Å². The summed E-state index contributed by atoms with van der Waals surface area (Å²) in [7, 11) is 0. The minimum Gasteiger partial charge on any atom is -0.390 e. The summed E-state index contributed by atoms with van der Waals surface area (Å²) in [5.74, 6) is 2.70. The Labute approximate surface area is 148 Å². The molecular formula is C20H28N2OS. The highest BCUT2D eigenvalue weighted by molar-refractivity contribution is 7.98. The molecule has 0 spiro atoms. The van der Waals surface area contributed by atoms with Gasteiger partial charge < -0.3 is 10.1 Å². The quantitative estimate of drug-likeness (QED) is 0.867. The van der Waals surface area contributed by atoms with Crippen LogP contribution in [0.25, 0.3) is 10.9 Å². The molecule has 4 rings (SSSR count). The number of hydrogen-bond acceptors (Lipinski definition) is 3. The summed E-state index contributed by atoms with van der Waals surface area (Å²) < 4.78 is 0. The molecule has 1 aromatic carbocycles. The maximum atomic E-state index is 9.80. The third-order valence-electron chi connectivity index (χ3n) is 5.95. The second kappa shape index (κ2) is 6.74. The smallest absolute Gasteiger partial charge is 0.0834 e. The summed E-state index contributed by atoms with van der Waals surface area (Å²) in [6.45, 7) is 4.83. The molecule has 2 N–H and O–H groups in total. The maximum absolute atomic E-state index is 9.80. The number of likely N-dealkylation sites (tertiary alicyclic amines) is 1. The van der Waals surface area contributed by atoms with Gasteiger partial charge in [0.15, 0.2) is 0 Å². The molecule has 0 saturated carbocycles. The Morgan fingerprint density at radius 3 is 3.00 bits per heavy atom. The third-order valence-corrected chi connectivity index (χ3v) is 6.75. The van der Waals surface area contributed by atoms with Gasteiger partial charge in [-0.15, -0.1) is 0 Å². The molecule has 1 aliphatic heterocycles. The summed E-state index contributed by atoms with van der Waals surface area (Å²) in [5.41, 5.74) is 5.12. The molecule has 1 aliphatic carbocycles. The van der Waals surface area contributed by atoms with E-state index >= 15 is 0 Å². The minimum absolute atomic E-state index is 0.115. The second-order valence-corrected chi connectivity index (χ2v) is 8.35. The summed E-state index contributed by atoms with van der Waals surface area (Å²) in [6.07, 6.45) is 5.84. The van der Waals surface area contributed by atoms with E-state index in [0.717, 1.165) is 18.0 Å². The number of aliphatic hydroxyl groups is 1. The molecule has 0 radical (unpaired) electrons. The van der Waals surface area contributed by atoms with Gasteiger partial charge >= 0.3 is 0 Å².